The summed E-state index contributed by atoms with van der Waals surface area (Å²) in [7, 11) is 1.61. The highest BCUT2D eigenvalue weighted by Gasteiger charge is 2.28. The van der Waals surface area contributed by atoms with Crippen molar-refractivity contribution in [2.45, 2.75) is 25.7 Å². The molecular weight excluding hydrogens is 309 g/mol. The van der Waals surface area contributed by atoms with E-state index in [0.717, 1.165) is 29.9 Å². The van der Waals surface area contributed by atoms with Gasteiger partial charge in [0, 0.05) is 16.5 Å². The van der Waals surface area contributed by atoms with Crippen molar-refractivity contribution < 1.29 is 4.74 Å². The van der Waals surface area contributed by atoms with Gasteiger partial charge in [-0.15, -0.1) is 0 Å². The maximum absolute atomic E-state index is 6.21. The maximum Gasteiger partial charge on any atom is 0.142 e. The molecule has 1 fully saturated rings. The summed E-state index contributed by atoms with van der Waals surface area (Å²) >= 11 is 12.3. The Hall–Kier alpha value is -1.52. The number of benzene rings is 1. The van der Waals surface area contributed by atoms with Gasteiger partial charge in [0.2, 0.25) is 0 Å². The van der Waals surface area contributed by atoms with Crippen LogP contribution in [0.2, 0.25) is 10.2 Å². The van der Waals surface area contributed by atoms with E-state index in [9.17, 15) is 0 Å². The number of hydrogen-bond donors (Lipinski definition) is 1. The van der Waals surface area contributed by atoms with Gasteiger partial charge in [-0.3, -0.25) is 0 Å². The van der Waals surface area contributed by atoms with E-state index in [4.69, 9.17) is 27.9 Å². The monoisotopic (exact) mass is 323 g/mol. The molecule has 1 aliphatic rings. The molecule has 110 valence electrons. The Balaban J connectivity index is 1.99. The first kappa shape index (κ1) is 14.4. The van der Waals surface area contributed by atoms with Gasteiger partial charge in [0.15, 0.2) is 0 Å². The van der Waals surface area contributed by atoms with Crippen molar-refractivity contribution in [1.29, 1.82) is 0 Å². The van der Waals surface area contributed by atoms with E-state index in [1.165, 1.54) is 0 Å². The molecule has 21 heavy (non-hydrogen) atoms. The summed E-state index contributed by atoms with van der Waals surface area (Å²) in [5.41, 5.74) is 1.56. The van der Waals surface area contributed by atoms with E-state index >= 15 is 0 Å². The highest BCUT2D eigenvalue weighted by atomic mass is 35.5. The SMILES string of the molecule is COc1ccc(Cl)cc1Nc1nc(C2CC2)nc(Cl)c1C. The van der Waals surface area contributed by atoms with E-state index in [1.807, 2.05) is 13.0 Å². The van der Waals surface area contributed by atoms with Crippen molar-refractivity contribution in [2.75, 3.05) is 12.4 Å². The Bertz CT molecular complexity index is 687. The molecule has 0 spiro atoms. The van der Waals surface area contributed by atoms with Crippen LogP contribution in [-0.2, 0) is 0 Å². The van der Waals surface area contributed by atoms with Crippen LogP contribution >= 0.6 is 23.2 Å². The van der Waals surface area contributed by atoms with Gasteiger partial charge in [-0.2, -0.15) is 0 Å². The van der Waals surface area contributed by atoms with E-state index in [-0.39, 0.29) is 0 Å². The number of nitrogens with zero attached hydrogens (tertiary/aromatic N) is 2. The molecule has 0 bridgehead atoms. The molecule has 1 N–H and O–H groups in total. The topological polar surface area (TPSA) is 47.0 Å². The molecule has 4 nitrogen and oxygen atoms in total. The predicted molar refractivity (Wildman–Crippen MR) is 85.0 cm³/mol. The molecule has 6 heteroatoms. The van der Waals surface area contributed by atoms with Gasteiger partial charge < -0.3 is 10.1 Å². The molecule has 0 atom stereocenters. The van der Waals surface area contributed by atoms with Gasteiger partial charge in [0.05, 0.1) is 12.8 Å². The first-order chi connectivity index (χ1) is 10.1. The van der Waals surface area contributed by atoms with Gasteiger partial charge in [-0.1, -0.05) is 23.2 Å². The number of rotatable bonds is 4. The molecule has 1 heterocycles. The van der Waals surface area contributed by atoms with Crippen LogP contribution in [0.5, 0.6) is 5.75 Å². The molecule has 0 radical (unpaired) electrons. The quantitative estimate of drug-likeness (QED) is 0.827. The second-order valence-electron chi connectivity index (χ2n) is 5.09. The summed E-state index contributed by atoms with van der Waals surface area (Å²) in [6.07, 6.45) is 2.25. The third kappa shape index (κ3) is 3.06. The van der Waals surface area contributed by atoms with Crippen LogP contribution in [-0.4, -0.2) is 17.1 Å². The van der Waals surface area contributed by atoms with Crippen molar-refractivity contribution in [3.8, 4) is 5.75 Å². The standard InChI is InChI=1S/C15H15Cl2N3O/c1-8-13(17)19-15(9-3-4-9)20-14(8)18-11-7-10(16)5-6-12(11)21-2/h5-7,9H,3-4H2,1-2H3,(H,18,19,20). The fourth-order valence-corrected chi connectivity index (χ4v) is 2.40. The zero-order chi connectivity index (χ0) is 15.0. The zero-order valence-electron chi connectivity index (χ0n) is 11.8. The molecule has 3 rings (SSSR count). The van der Waals surface area contributed by atoms with Crippen molar-refractivity contribution in [3.63, 3.8) is 0 Å². The average molecular weight is 324 g/mol. The Morgan fingerprint density at radius 1 is 1.24 bits per heavy atom. The first-order valence-corrected chi connectivity index (χ1v) is 7.48. The number of hydrogen-bond acceptors (Lipinski definition) is 4. The van der Waals surface area contributed by atoms with Crippen LogP contribution in [0.3, 0.4) is 0 Å². The number of halogens is 2. The molecule has 0 aliphatic heterocycles. The molecule has 0 unspecified atom stereocenters. The summed E-state index contributed by atoms with van der Waals surface area (Å²) in [6, 6.07) is 5.39. The highest BCUT2D eigenvalue weighted by Crippen LogP contribution is 2.40. The van der Waals surface area contributed by atoms with Gasteiger partial charge in [0.1, 0.15) is 22.5 Å². The molecule has 1 aromatic heterocycles. The molecule has 2 aromatic rings. The molecule has 0 amide bonds. The smallest absolute Gasteiger partial charge is 0.142 e. The van der Waals surface area contributed by atoms with Crippen LogP contribution < -0.4 is 10.1 Å². The van der Waals surface area contributed by atoms with E-state index in [2.05, 4.69) is 15.3 Å². The second-order valence-corrected chi connectivity index (χ2v) is 5.88. The normalized spacial score (nSPS) is 14.1. The highest BCUT2D eigenvalue weighted by molar-refractivity contribution is 6.31. The number of anilines is 2. The third-order valence-corrected chi connectivity index (χ3v) is 4.06. The average Bonchev–Trinajstić information content (AvgIpc) is 3.28. The number of nitrogens with one attached hydrogen (secondary N) is 1. The summed E-state index contributed by atoms with van der Waals surface area (Å²) in [5.74, 6) is 2.62. The fourth-order valence-electron chi connectivity index (χ4n) is 2.06. The summed E-state index contributed by atoms with van der Waals surface area (Å²) in [6.45, 7) is 1.89. The number of aromatic nitrogens is 2. The lowest BCUT2D eigenvalue weighted by Crippen LogP contribution is -2.04. The van der Waals surface area contributed by atoms with Gasteiger partial charge >= 0.3 is 0 Å². The van der Waals surface area contributed by atoms with Crippen molar-refractivity contribution in [1.82, 2.24) is 9.97 Å². The van der Waals surface area contributed by atoms with Crippen LogP contribution in [0.4, 0.5) is 11.5 Å². The van der Waals surface area contributed by atoms with Gasteiger partial charge in [-0.05, 0) is 38.0 Å². The third-order valence-electron chi connectivity index (χ3n) is 3.46. The fraction of sp³-hybridized carbons (Fsp3) is 0.333. The van der Waals surface area contributed by atoms with Crippen LogP contribution in [0.15, 0.2) is 18.2 Å². The second kappa shape index (κ2) is 5.70. The lowest BCUT2D eigenvalue weighted by Gasteiger charge is -2.14. The van der Waals surface area contributed by atoms with Gasteiger partial charge in [0.25, 0.3) is 0 Å². The van der Waals surface area contributed by atoms with E-state index < -0.39 is 0 Å². The molecule has 1 aliphatic carbocycles. The number of methoxy groups -OCH3 is 1. The Morgan fingerprint density at radius 2 is 2.00 bits per heavy atom. The van der Waals surface area contributed by atoms with Crippen molar-refractivity contribution in [2.24, 2.45) is 0 Å². The maximum atomic E-state index is 6.21. The largest absolute Gasteiger partial charge is 0.495 e. The summed E-state index contributed by atoms with van der Waals surface area (Å²) < 4.78 is 5.34. The Morgan fingerprint density at radius 3 is 2.67 bits per heavy atom. The lowest BCUT2D eigenvalue weighted by atomic mass is 10.2. The molecular formula is C15H15Cl2N3O. The Labute approximate surface area is 133 Å². The molecule has 1 saturated carbocycles. The van der Waals surface area contributed by atoms with E-state index in [0.29, 0.717) is 27.7 Å². The van der Waals surface area contributed by atoms with Crippen molar-refractivity contribution >= 4 is 34.7 Å². The predicted octanol–water partition coefficient (Wildman–Crippen LogP) is 4.72. The minimum atomic E-state index is 0.435. The summed E-state index contributed by atoms with van der Waals surface area (Å²) in [4.78, 5) is 8.94. The van der Waals surface area contributed by atoms with Crippen LogP contribution in [0, 0.1) is 6.92 Å². The van der Waals surface area contributed by atoms with Crippen LogP contribution in [0.1, 0.15) is 30.1 Å². The first-order valence-electron chi connectivity index (χ1n) is 6.73. The molecule has 0 saturated heterocycles. The Kier molecular flexibility index (Phi) is 3.91. The number of ether oxygens (including phenoxy) is 1. The molecule has 1 aromatic carbocycles. The van der Waals surface area contributed by atoms with E-state index in [1.54, 1.807) is 19.2 Å². The van der Waals surface area contributed by atoms with Crippen LogP contribution in [0.25, 0.3) is 0 Å². The lowest BCUT2D eigenvalue weighted by molar-refractivity contribution is 0.417. The summed E-state index contributed by atoms with van der Waals surface area (Å²) in [5, 5.41) is 4.36. The zero-order valence-corrected chi connectivity index (χ0v) is 13.3. The van der Waals surface area contributed by atoms with Gasteiger partial charge in [-0.25, -0.2) is 9.97 Å². The minimum Gasteiger partial charge on any atom is -0.495 e. The minimum absolute atomic E-state index is 0.435. The van der Waals surface area contributed by atoms with Crippen molar-refractivity contribution in [3.05, 3.63) is 39.8 Å².